The van der Waals surface area contributed by atoms with Crippen molar-refractivity contribution in [2.45, 2.75) is 26.4 Å². The lowest BCUT2D eigenvalue weighted by molar-refractivity contribution is 0.588. The maximum Gasteiger partial charge on any atom is 0.130 e. The third-order valence-electron chi connectivity index (χ3n) is 2.43. The van der Waals surface area contributed by atoms with Crippen molar-refractivity contribution in [3.05, 3.63) is 30.1 Å². The summed E-state index contributed by atoms with van der Waals surface area (Å²) in [6.45, 7) is 4.26. The van der Waals surface area contributed by atoms with Crippen LogP contribution in [0.25, 0.3) is 0 Å². The average Bonchev–Trinajstić information content (AvgIpc) is 2.89. The summed E-state index contributed by atoms with van der Waals surface area (Å²) in [5.74, 6) is 0.992. The zero-order chi connectivity index (χ0) is 11.4. The van der Waals surface area contributed by atoms with Gasteiger partial charge in [0.15, 0.2) is 0 Å². The van der Waals surface area contributed by atoms with Crippen LogP contribution in [-0.2, 0) is 19.5 Å². The Balaban J connectivity index is 2.08. The first-order valence-corrected chi connectivity index (χ1v) is 5.42. The molecule has 16 heavy (non-hydrogen) atoms. The SMILES string of the molecule is CCn1ccnc1Cn1cc(CCN)nn1. The van der Waals surface area contributed by atoms with Crippen molar-refractivity contribution >= 4 is 0 Å². The van der Waals surface area contributed by atoms with E-state index in [1.807, 2.05) is 12.4 Å². The summed E-state index contributed by atoms with van der Waals surface area (Å²) >= 11 is 0. The second-order valence-corrected chi connectivity index (χ2v) is 3.58. The van der Waals surface area contributed by atoms with Crippen molar-refractivity contribution in [1.29, 1.82) is 0 Å². The van der Waals surface area contributed by atoms with Crippen molar-refractivity contribution in [2.75, 3.05) is 6.54 Å². The van der Waals surface area contributed by atoms with Crippen LogP contribution in [0.4, 0.5) is 0 Å². The van der Waals surface area contributed by atoms with Gasteiger partial charge in [-0.05, 0) is 13.5 Å². The van der Waals surface area contributed by atoms with Gasteiger partial charge in [-0.25, -0.2) is 9.67 Å². The summed E-state index contributed by atoms with van der Waals surface area (Å²) in [6, 6.07) is 0. The van der Waals surface area contributed by atoms with Gasteiger partial charge in [0.1, 0.15) is 12.4 Å². The Morgan fingerprint density at radius 3 is 3.06 bits per heavy atom. The van der Waals surface area contributed by atoms with Gasteiger partial charge >= 0.3 is 0 Å². The Hall–Kier alpha value is -1.69. The molecule has 0 fully saturated rings. The molecular weight excluding hydrogens is 204 g/mol. The fraction of sp³-hybridized carbons (Fsp3) is 0.500. The van der Waals surface area contributed by atoms with Gasteiger partial charge in [0, 0.05) is 31.6 Å². The number of nitrogens with zero attached hydrogens (tertiary/aromatic N) is 5. The third kappa shape index (κ3) is 2.27. The molecule has 0 unspecified atom stereocenters. The minimum atomic E-state index is 0.599. The van der Waals surface area contributed by atoms with Gasteiger partial charge in [-0.3, -0.25) is 0 Å². The highest BCUT2D eigenvalue weighted by molar-refractivity contribution is 4.97. The number of hydrogen-bond acceptors (Lipinski definition) is 4. The molecule has 2 heterocycles. The molecule has 0 aliphatic heterocycles. The summed E-state index contributed by atoms with van der Waals surface area (Å²) in [7, 11) is 0. The largest absolute Gasteiger partial charge is 0.334 e. The van der Waals surface area contributed by atoms with Gasteiger partial charge in [-0.15, -0.1) is 5.10 Å². The van der Waals surface area contributed by atoms with Crippen LogP contribution in [0.2, 0.25) is 0 Å². The predicted octanol–water partition coefficient (Wildman–Crippen LogP) is 0.0440. The summed E-state index contributed by atoms with van der Waals surface area (Å²) in [5, 5.41) is 8.08. The molecule has 0 saturated carbocycles. The molecule has 6 nitrogen and oxygen atoms in total. The van der Waals surface area contributed by atoms with E-state index in [1.165, 1.54) is 0 Å². The van der Waals surface area contributed by atoms with Crippen LogP contribution in [0.15, 0.2) is 18.6 Å². The number of aryl methyl sites for hydroxylation is 1. The Morgan fingerprint density at radius 1 is 1.44 bits per heavy atom. The van der Waals surface area contributed by atoms with Gasteiger partial charge in [0.05, 0.1) is 5.69 Å². The molecule has 0 amide bonds. The monoisotopic (exact) mass is 220 g/mol. The van der Waals surface area contributed by atoms with E-state index in [0.29, 0.717) is 13.1 Å². The lowest BCUT2D eigenvalue weighted by Crippen LogP contribution is -2.08. The first kappa shape index (κ1) is 10.8. The van der Waals surface area contributed by atoms with Gasteiger partial charge in [-0.1, -0.05) is 5.21 Å². The molecule has 0 aromatic carbocycles. The number of imidazole rings is 1. The molecular formula is C10H16N6. The third-order valence-corrected chi connectivity index (χ3v) is 2.43. The Labute approximate surface area is 94.1 Å². The van der Waals surface area contributed by atoms with Crippen LogP contribution in [0, 0.1) is 0 Å². The number of nitrogens with two attached hydrogens (primary N) is 1. The van der Waals surface area contributed by atoms with E-state index in [2.05, 4.69) is 26.8 Å². The van der Waals surface area contributed by atoms with Crippen LogP contribution in [-0.4, -0.2) is 31.1 Å². The molecule has 0 radical (unpaired) electrons. The maximum absolute atomic E-state index is 5.46. The molecule has 2 aromatic rings. The fourth-order valence-electron chi connectivity index (χ4n) is 1.60. The van der Waals surface area contributed by atoms with Crippen molar-refractivity contribution in [1.82, 2.24) is 24.5 Å². The van der Waals surface area contributed by atoms with E-state index in [9.17, 15) is 0 Å². The maximum atomic E-state index is 5.46. The smallest absolute Gasteiger partial charge is 0.130 e. The minimum Gasteiger partial charge on any atom is -0.334 e. The second-order valence-electron chi connectivity index (χ2n) is 3.58. The number of rotatable bonds is 5. The van der Waals surface area contributed by atoms with Crippen LogP contribution in [0.1, 0.15) is 18.4 Å². The molecule has 2 aromatic heterocycles. The highest BCUT2D eigenvalue weighted by Gasteiger charge is 2.04. The Morgan fingerprint density at radius 2 is 2.31 bits per heavy atom. The number of aromatic nitrogens is 5. The van der Waals surface area contributed by atoms with Crippen LogP contribution in [0.5, 0.6) is 0 Å². The Kier molecular flexibility index (Phi) is 3.31. The number of hydrogen-bond donors (Lipinski definition) is 1. The molecule has 6 heteroatoms. The lowest BCUT2D eigenvalue weighted by atomic mass is 10.3. The molecule has 0 saturated heterocycles. The van der Waals surface area contributed by atoms with Crippen LogP contribution in [0.3, 0.4) is 0 Å². The van der Waals surface area contributed by atoms with Gasteiger partial charge in [0.25, 0.3) is 0 Å². The van der Waals surface area contributed by atoms with Crippen molar-refractivity contribution in [3.63, 3.8) is 0 Å². The molecule has 0 atom stereocenters. The summed E-state index contributed by atoms with van der Waals surface area (Å²) in [6.07, 6.45) is 6.45. The minimum absolute atomic E-state index is 0.599. The second kappa shape index (κ2) is 4.89. The molecule has 0 bridgehead atoms. The Bertz CT molecular complexity index is 444. The highest BCUT2D eigenvalue weighted by atomic mass is 15.4. The zero-order valence-electron chi connectivity index (χ0n) is 9.37. The van der Waals surface area contributed by atoms with Gasteiger partial charge in [0.2, 0.25) is 0 Å². The van der Waals surface area contributed by atoms with Crippen molar-refractivity contribution in [2.24, 2.45) is 5.73 Å². The first-order valence-electron chi connectivity index (χ1n) is 5.42. The van der Waals surface area contributed by atoms with Crippen molar-refractivity contribution < 1.29 is 0 Å². The molecule has 2 rings (SSSR count). The van der Waals surface area contributed by atoms with Gasteiger partial charge in [-0.2, -0.15) is 0 Å². The normalized spacial score (nSPS) is 10.9. The highest BCUT2D eigenvalue weighted by Crippen LogP contribution is 2.01. The van der Waals surface area contributed by atoms with E-state index < -0.39 is 0 Å². The molecule has 86 valence electrons. The molecule has 0 spiro atoms. The van der Waals surface area contributed by atoms with Crippen LogP contribution < -0.4 is 5.73 Å². The van der Waals surface area contributed by atoms with E-state index in [-0.39, 0.29) is 0 Å². The summed E-state index contributed by atoms with van der Waals surface area (Å²) in [4.78, 5) is 4.29. The standard InChI is InChI=1S/C10H16N6/c1-2-15-6-5-12-10(15)8-16-7-9(3-4-11)13-14-16/h5-7H,2-4,8,11H2,1H3. The zero-order valence-corrected chi connectivity index (χ0v) is 9.37. The van der Waals surface area contributed by atoms with E-state index >= 15 is 0 Å². The molecule has 2 N–H and O–H groups in total. The van der Waals surface area contributed by atoms with Gasteiger partial charge < -0.3 is 10.3 Å². The fourth-order valence-corrected chi connectivity index (χ4v) is 1.60. The topological polar surface area (TPSA) is 74.5 Å². The predicted molar refractivity (Wildman–Crippen MR) is 59.8 cm³/mol. The molecule has 0 aliphatic rings. The quantitative estimate of drug-likeness (QED) is 0.772. The van der Waals surface area contributed by atoms with Crippen molar-refractivity contribution in [3.8, 4) is 0 Å². The summed E-state index contributed by atoms with van der Waals surface area (Å²) < 4.78 is 3.88. The first-order chi connectivity index (χ1) is 7.83. The lowest BCUT2D eigenvalue weighted by Gasteiger charge is -2.03. The van der Waals surface area contributed by atoms with Crippen LogP contribution >= 0.6 is 0 Å². The molecule has 0 aliphatic carbocycles. The average molecular weight is 220 g/mol. The van der Waals surface area contributed by atoms with E-state index in [1.54, 1.807) is 10.9 Å². The van der Waals surface area contributed by atoms with E-state index in [4.69, 9.17) is 5.73 Å². The summed E-state index contributed by atoms with van der Waals surface area (Å²) in [5.41, 5.74) is 6.39. The van der Waals surface area contributed by atoms with E-state index in [0.717, 1.165) is 24.5 Å².